The van der Waals surface area contributed by atoms with Gasteiger partial charge in [0.2, 0.25) is 0 Å². The van der Waals surface area contributed by atoms with Gasteiger partial charge in [-0.25, -0.2) is 0 Å². The fraction of sp³-hybridized carbons (Fsp3) is 0.500. The molecule has 0 fully saturated rings. The van der Waals surface area contributed by atoms with Crippen molar-refractivity contribution in [2.75, 3.05) is 34.4 Å². The zero-order valence-corrected chi connectivity index (χ0v) is 11.5. The van der Waals surface area contributed by atoms with Crippen LogP contribution in [0.5, 0.6) is 11.5 Å². The second-order valence-electron chi connectivity index (χ2n) is 4.28. The standard InChI is InChI=1S/C14H20N2O2/c1-11-9-14(18-4)12(10-13(11)17-3)5-7-16(2)8-6-15/h9-10H,5,7-8H2,1-4H3. The molecule has 0 bridgehead atoms. The predicted octanol–water partition coefficient (Wildman–Crippen LogP) is 2.01. The number of aryl methyl sites for hydroxylation is 1. The number of likely N-dealkylation sites (N-methyl/N-ethyl adjacent to an activating group) is 1. The number of rotatable bonds is 6. The molecule has 0 aliphatic carbocycles. The van der Waals surface area contributed by atoms with Gasteiger partial charge >= 0.3 is 0 Å². The van der Waals surface area contributed by atoms with Crippen LogP contribution in [0.4, 0.5) is 0 Å². The van der Waals surface area contributed by atoms with E-state index >= 15 is 0 Å². The van der Waals surface area contributed by atoms with Crippen LogP contribution in [0.15, 0.2) is 12.1 Å². The fourth-order valence-electron chi connectivity index (χ4n) is 1.82. The van der Waals surface area contributed by atoms with E-state index in [4.69, 9.17) is 14.7 Å². The van der Waals surface area contributed by atoms with Crippen LogP contribution in [0.25, 0.3) is 0 Å². The molecule has 1 rings (SSSR count). The zero-order chi connectivity index (χ0) is 13.5. The largest absolute Gasteiger partial charge is 0.496 e. The summed E-state index contributed by atoms with van der Waals surface area (Å²) in [7, 11) is 5.27. The van der Waals surface area contributed by atoms with Gasteiger partial charge in [0.05, 0.1) is 26.8 Å². The van der Waals surface area contributed by atoms with Gasteiger partial charge in [-0.3, -0.25) is 4.90 Å². The molecule has 0 saturated heterocycles. The third-order valence-corrected chi connectivity index (χ3v) is 2.90. The van der Waals surface area contributed by atoms with Gasteiger partial charge in [0.15, 0.2) is 0 Å². The minimum absolute atomic E-state index is 0.436. The van der Waals surface area contributed by atoms with E-state index in [-0.39, 0.29) is 0 Å². The molecule has 0 aliphatic rings. The number of hydrogen-bond acceptors (Lipinski definition) is 4. The van der Waals surface area contributed by atoms with Gasteiger partial charge in [-0.05, 0) is 43.7 Å². The highest BCUT2D eigenvalue weighted by Crippen LogP contribution is 2.28. The van der Waals surface area contributed by atoms with Crippen molar-refractivity contribution >= 4 is 0 Å². The van der Waals surface area contributed by atoms with Crippen molar-refractivity contribution in [3.05, 3.63) is 23.3 Å². The van der Waals surface area contributed by atoms with Crippen LogP contribution in [-0.2, 0) is 6.42 Å². The summed E-state index contributed by atoms with van der Waals surface area (Å²) in [6.07, 6.45) is 0.831. The average Bonchev–Trinajstić information content (AvgIpc) is 2.37. The Balaban J connectivity index is 2.83. The number of nitriles is 1. The Morgan fingerprint density at radius 2 is 1.89 bits per heavy atom. The number of nitrogens with zero attached hydrogens (tertiary/aromatic N) is 2. The Kier molecular flexibility index (Phi) is 5.47. The molecular formula is C14H20N2O2. The van der Waals surface area contributed by atoms with E-state index in [2.05, 4.69) is 6.07 Å². The fourth-order valence-corrected chi connectivity index (χ4v) is 1.82. The smallest absolute Gasteiger partial charge is 0.122 e. The van der Waals surface area contributed by atoms with Crippen molar-refractivity contribution in [2.24, 2.45) is 0 Å². The average molecular weight is 248 g/mol. The molecule has 0 aliphatic heterocycles. The first kappa shape index (κ1) is 14.3. The predicted molar refractivity (Wildman–Crippen MR) is 71.1 cm³/mol. The second-order valence-corrected chi connectivity index (χ2v) is 4.28. The molecule has 1 aromatic carbocycles. The Labute approximate surface area is 109 Å². The molecule has 4 nitrogen and oxygen atoms in total. The molecule has 98 valence electrons. The van der Waals surface area contributed by atoms with Crippen LogP contribution in [0.1, 0.15) is 11.1 Å². The molecule has 0 amide bonds. The van der Waals surface area contributed by atoms with Gasteiger partial charge in [-0.1, -0.05) is 0 Å². The van der Waals surface area contributed by atoms with E-state index in [1.54, 1.807) is 14.2 Å². The van der Waals surface area contributed by atoms with Crippen LogP contribution in [0, 0.1) is 18.3 Å². The van der Waals surface area contributed by atoms with Crippen LogP contribution < -0.4 is 9.47 Å². The zero-order valence-electron chi connectivity index (χ0n) is 11.5. The first-order chi connectivity index (χ1) is 8.62. The molecule has 0 N–H and O–H groups in total. The number of methoxy groups -OCH3 is 2. The molecule has 18 heavy (non-hydrogen) atoms. The molecular weight excluding hydrogens is 228 g/mol. The molecule has 0 unspecified atom stereocenters. The lowest BCUT2D eigenvalue weighted by molar-refractivity contribution is 0.367. The summed E-state index contributed by atoms with van der Waals surface area (Å²) < 4.78 is 10.7. The molecule has 0 radical (unpaired) electrons. The molecule has 0 atom stereocenters. The SMILES string of the molecule is COc1cc(CCN(C)CC#N)c(OC)cc1C. The Hall–Kier alpha value is -1.73. The summed E-state index contributed by atoms with van der Waals surface area (Å²) in [6, 6.07) is 6.13. The van der Waals surface area contributed by atoms with Gasteiger partial charge in [0.25, 0.3) is 0 Å². The van der Waals surface area contributed by atoms with Gasteiger partial charge in [0.1, 0.15) is 11.5 Å². The Bertz CT molecular complexity index is 438. The summed E-state index contributed by atoms with van der Waals surface area (Å²) in [4.78, 5) is 1.98. The minimum atomic E-state index is 0.436. The summed E-state index contributed by atoms with van der Waals surface area (Å²) in [5, 5.41) is 8.62. The normalized spacial score (nSPS) is 10.2. The van der Waals surface area contributed by atoms with Crippen molar-refractivity contribution in [1.29, 1.82) is 5.26 Å². The van der Waals surface area contributed by atoms with E-state index in [1.165, 1.54) is 0 Å². The molecule has 0 saturated carbocycles. The number of hydrogen-bond donors (Lipinski definition) is 0. The Morgan fingerprint density at radius 1 is 1.22 bits per heavy atom. The highest BCUT2D eigenvalue weighted by Gasteiger charge is 2.09. The van der Waals surface area contributed by atoms with Crippen LogP contribution in [0.2, 0.25) is 0 Å². The maximum atomic E-state index is 8.62. The Morgan fingerprint density at radius 3 is 2.44 bits per heavy atom. The van der Waals surface area contributed by atoms with E-state index in [9.17, 15) is 0 Å². The highest BCUT2D eigenvalue weighted by atomic mass is 16.5. The van der Waals surface area contributed by atoms with Gasteiger partial charge in [-0.2, -0.15) is 5.26 Å². The van der Waals surface area contributed by atoms with Crippen LogP contribution in [-0.4, -0.2) is 39.3 Å². The topological polar surface area (TPSA) is 45.5 Å². The number of benzene rings is 1. The van der Waals surface area contributed by atoms with Crippen LogP contribution in [0.3, 0.4) is 0 Å². The van der Waals surface area contributed by atoms with Gasteiger partial charge in [0, 0.05) is 6.54 Å². The van der Waals surface area contributed by atoms with E-state index in [1.807, 2.05) is 31.0 Å². The summed E-state index contributed by atoms with van der Waals surface area (Å²) >= 11 is 0. The summed E-state index contributed by atoms with van der Waals surface area (Å²) in [6.45, 7) is 3.24. The van der Waals surface area contributed by atoms with Crippen molar-refractivity contribution in [3.63, 3.8) is 0 Å². The highest BCUT2D eigenvalue weighted by molar-refractivity contribution is 5.46. The maximum Gasteiger partial charge on any atom is 0.122 e. The molecule has 0 aromatic heterocycles. The van der Waals surface area contributed by atoms with Gasteiger partial charge < -0.3 is 9.47 Å². The second kappa shape index (κ2) is 6.87. The molecule has 1 aromatic rings. The summed E-state index contributed by atoms with van der Waals surface area (Å²) in [5.74, 6) is 1.74. The molecule has 4 heteroatoms. The lowest BCUT2D eigenvalue weighted by atomic mass is 10.1. The number of ether oxygens (including phenoxy) is 2. The lowest BCUT2D eigenvalue weighted by Gasteiger charge is -2.16. The third-order valence-electron chi connectivity index (χ3n) is 2.90. The van der Waals surface area contributed by atoms with Crippen LogP contribution >= 0.6 is 0 Å². The maximum absolute atomic E-state index is 8.62. The van der Waals surface area contributed by atoms with E-state index in [0.717, 1.165) is 35.6 Å². The third kappa shape index (κ3) is 3.64. The van der Waals surface area contributed by atoms with Gasteiger partial charge in [-0.15, -0.1) is 0 Å². The molecule has 0 spiro atoms. The van der Waals surface area contributed by atoms with E-state index in [0.29, 0.717) is 6.54 Å². The summed E-state index contributed by atoms with van der Waals surface area (Å²) in [5.41, 5.74) is 2.16. The van der Waals surface area contributed by atoms with Crippen molar-refractivity contribution in [1.82, 2.24) is 4.90 Å². The molecule has 0 heterocycles. The van der Waals surface area contributed by atoms with Crippen molar-refractivity contribution in [3.8, 4) is 17.6 Å². The van der Waals surface area contributed by atoms with Crippen molar-refractivity contribution < 1.29 is 9.47 Å². The monoisotopic (exact) mass is 248 g/mol. The lowest BCUT2D eigenvalue weighted by Crippen LogP contribution is -2.21. The minimum Gasteiger partial charge on any atom is -0.496 e. The van der Waals surface area contributed by atoms with E-state index < -0.39 is 0 Å². The van der Waals surface area contributed by atoms with Crippen molar-refractivity contribution in [2.45, 2.75) is 13.3 Å². The first-order valence-electron chi connectivity index (χ1n) is 5.89. The quantitative estimate of drug-likeness (QED) is 0.722. The first-order valence-corrected chi connectivity index (χ1v) is 5.89.